The van der Waals surface area contributed by atoms with Crippen LogP contribution in [-0.2, 0) is 26.2 Å². The molecule has 0 aliphatic heterocycles. The van der Waals surface area contributed by atoms with Gasteiger partial charge >= 0.3 is 0 Å². The Kier molecular flexibility index (Phi) is 10.8. The normalized spacial score (nSPS) is 14.3. The summed E-state index contributed by atoms with van der Waals surface area (Å²) < 4.78 is 34.8. The molecule has 2 amide bonds. The minimum Gasteiger partial charge on any atom is -0.492 e. The van der Waals surface area contributed by atoms with Crippen molar-refractivity contribution in [2.75, 3.05) is 17.5 Å². The molecule has 1 fully saturated rings. The van der Waals surface area contributed by atoms with Crippen molar-refractivity contribution in [1.82, 2.24) is 10.2 Å². The molecule has 1 atom stereocenters. The van der Waals surface area contributed by atoms with Gasteiger partial charge in [-0.3, -0.25) is 13.9 Å². The minimum atomic E-state index is -4.22. The number of hydrogen-bond acceptors (Lipinski definition) is 5. The number of benzene rings is 3. The van der Waals surface area contributed by atoms with Gasteiger partial charge in [-0.2, -0.15) is 0 Å². The third-order valence-electron chi connectivity index (χ3n) is 7.30. The Morgan fingerprint density at radius 2 is 1.57 bits per heavy atom. The topological polar surface area (TPSA) is 96.0 Å². The highest BCUT2D eigenvalue weighted by atomic mass is 35.5. The molecule has 0 radical (unpaired) electrons. The number of para-hydroxylation sites is 2. The maximum Gasteiger partial charge on any atom is 0.264 e. The average Bonchev–Trinajstić information content (AvgIpc) is 3.49. The molecule has 8 nitrogen and oxygen atoms in total. The zero-order valence-electron chi connectivity index (χ0n) is 23.6. The number of rotatable bonds is 12. The summed E-state index contributed by atoms with van der Waals surface area (Å²) in [6.45, 7) is 3.02. The van der Waals surface area contributed by atoms with Gasteiger partial charge in [0.05, 0.1) is 17.2 Å². The van der Waals surface area contributed by atoms with Gasteiger partial charge in [0.25, 0.3) is 10.0 Å². The smallest absolute Gasteiger partial charge is 0.264 e. The molecule has 1 saturated carbocycles. The second-order valence-electron chi connectivity index (χ2n) is 10.1. The molecular formula is C31H35Cl2N3O5S. The van der Waals surface area contributed by atoms with Crippen LogP contribution in [0.5, 0.6) is 5.75 Å². The number of carbonyl (C=O) groups is 2. The van der Waals surface area contributed by atoms with E-state index in [9.17, 15) is 18.0 Å². The largest absolute Gasteiger partial charge is 0.492 e. The van der Waals surface area contributed by atoms with Crippen molar-refractivity contribution >= 4 is 50.7 Å². The molecule has 3 aromatic rings. The standard InChI is InChI=1S/C31H35Cl2N3O5S/c1-3-41-29-19-10-9-18-28(29)36(42(39,40)24-14-5-4-6-15-24)21-30(37)35(20-25-26(32)16-11-17-27(25)33)22(2)31(38)34-23-12-7-8-13-23/h4-6,9-11,14-19,22-23H,3,7-8,12-13,20-21H2,1-2H3,(H,34,38)/t22-/m1/s1. The third kappa shape index (κ3) is 7.38. The van der Waals surface area contributed by atoms with Gasteiger partial charge in [-0.1, -0.05) is 72.4 Å². The number of nitrogens with zero attached hydrogens (tertiary/aromatic N) is 2. The first kappa shape index (κ1) is 31.7. The summed E-state index contributed by atoms with van der Waals surface area (Å²) in [5, 5.41) is 3.71. The molecule has 1 aliphatic carbocycles. The molecule has 0 spiro atoms. The molecule has 0 saturated heterocycles. The van der Waals surface area contributed by atoms with Gasteiger partial charge in [0.2, 0.25) is 11.8 Å². The van der Waals surface area contributed by atoms with Crippen LogP contribution in [0.4, 0.5) is 5.69 Å². The van der Waals surface area contributed by atoms with E-state index in [1.165, 1.54) is 17.0 Å². The molecule has 4 rings (SSSR count). The minimum absolute atomic E-state index is 0.0109. The molecule has 42 heavy (non-hydrogen) atoms. The summed E-state index contributed by atoms with van der Waals surface area (Å²) >= 11 is 12.9. The molecule has 0 aromatic heterocycles. The number of halogens is 2. The molecule has 224 valence electrons. The number of carbonyl (C=O) groups excluding carboxylic acids is 2. The lowest BCUT2D eigenvalue weighted by Gasteiger charge is -2.33. The monoisotopic (exact) mass is 631 g/mol. The first-order valence-electron chi connectivity index (χ1n) is 14.0. The summed E-state index contributed by atoms with van der Waals surface area (Å²) in [6, 6.07) is 18.6. The fourth-order valence-electron chi connectivity index (χ4n) is 5.00. The second kappa shape index (κ2) is 14.3. The van der Waals surface area contributed by atoms with Crippen molar-refractivity contribution in [3.05, 3.63) is 88.4 Å². The Balaban J connectivity index is 1.75. The van der Waals surface area contributed by atoms with Crippen LogP contribution in [-0.4, -0.2) is 50.4 Å². The van der Waals surface area contributed by atoms with Crippen LogP contribution in [0, 0.1) is 0 Å². The van der Waals surface area contributed by atoms with E-state index < -0.39 is 28.5 Å². The van der Waals surface area contributed by atoms with Crippen molar-refractivity contribution in [2.45, 2.75) is 63.1 Å². The Bertz CT molecular complexity index is 1480. The maximum absolute atomic E-state index is 14.2. The lowest BCUT2D eigenvalue weighted by molar-refractivity contribution is -0.139. The van der Waals surface area contributed by atoms with E-state index >= 15 is 0 Å². The molecular weight excluding hydrogens is 597 g/mol. The summed E-state index contributed by atoms with van der Waals surface area (Å²) in [4.78, 5) is 28.9. The van der Waals surface area contributed by atoms with Crippen molar-refractivity contribution in [3.8, 4) is 5.75 Å². The van der Waals surface area contributed by atoms with Crippen molar-refractivity contribution < 1.29 is 22.7 Å². The Morgan fingerprint density at radius 1 is 0.952 bits per heavy atom. The van der Waals surface area contributed by atoms with Gasteiger partial charge in [-0.15, -0.1) is 0 Å². The van der Waals surface area contributed by atoms with Crippen LogP contribution in [0.25, 0.3) is 0 Å². The lowest BCUT2D eigenvalue weighted by Crippen LogP contribution is -2.52. The van der Waals surface area contributed by atoms with Gasteiger partial charge in [-0.05, 0) is 63.1 Å². The Morgan fingerprint density at radius 3 is 2.21 bits per heavy atom. The fourth-order valence-corrected chi connectivity index (χ4v) is 6.96. The van der Waals surface area contributed by atoms with Gasteiger partial charge in [0, 0.05) is 28.2 Å². The number of ether oxygens (including phenoxy) is 1. The lowest BCUT2D eigenvalue weighted by atomic mass is 10.1. The zero-order chi connectivity index (χ0) is 30.3. The molecule has 11 heteroatoms. The molecule has 0 bridgehead atoms. The number of anilines is 1. The van der Waals surface area contributed by atoms with Crippen LogP contribution in [0.2, 0.25) is 10.0 Å². The second-order valence-corrected chi connectivity index (χ2v) is 12.8. The SMILES string of the molecule is CCOc1ccccc1N(CC(=O)N(Cc1c(Cl)cccc1Cl)[C@H](C)C(=O)NC1CCCC1)S(=O)(=O)c1ccccc1. The first-order chi connectivity index (χ1) is 20.1. The highest BCUT2D eigenvalue weighted by Crippen LogP contribution is 2.33. The van der Waals surface area contributed by atoms with Gasteiger partial charge in [0.15, 0.2) is 0 Å². The summed E-state index contributed by atoms with van der Waals surface area (Å²) in [5.74, 6) is -0.628. The average molecular weight is 633 g/mol. The van der Waals surface area contributed by atoms with Crippen LogP contribution >= 0.6 is 23.2 Å². The Hall–Kier alpha value is -3.27. The predicted octanol–water partition coefficient (Wildman–Crippen LogP) is 6.06. The fraction of sp³-hybridized carbons (Fsp3) is 0.355. The van der Waals surface area contributed by atoms with Crippen molar-refractivity contribution in [2.24, 2.45) is 0 Å². The highest BCUT2D eigenvalue weighted by Gasteiger charge is 2.35. The molecule has 1 aliphatic rings. The first-order valence-corrected chi connectivity index (χ1v) is 16.2. The summed E-state index contributed by atoms with van der Waals surface area (Å²) in [5.41, 5.74) is 0.664. The van der Waals surface area contributed by atoms with E-state index in [0.717, 1.165) is 30.0 Å². The predicted molar refractivity (Wildman–Crippen MR) is 165 cm³/mol. The van der Waals surface area contributed by atoms with Crippen LogP contribution in [0.3, 0.4) is 0 Å². The van der Waals surface area contributed by atoms with Crippen LogP contribution in [0.15, 0.2) is 77.7 Å². The number of sulfonamides is 1. The van der Waals surface area contributed by atoms with E-state index in [1.54, 1.807) is 74.5 Å². The van der Waals surface area contributed by atoms with Gasteiger partial charge in [-0.25, -0.2) is 8.42 Å². The molecule has 0 unspecified atom stereocenters. The van der Waals surface area contributed by atoms with Gasteiger partial charge < -0.3 is 15.0 Å². The number of nitrogens with one attached hydrogen (secondary N) is 1. The van der Waals surface area contributed by atoms with E-state index in [1.807, 2.05) is 0 Å². The molecule has 1 N–H and O–H groups in total. The number of amides is 2. The van der Waals surface area contributed by atoms with Gasteiger partial charge in [0.1, 0.15) is 18.3 Å². The third-order valence-corrected chi connectivity index (χ3v) is 9.79. The van der Waals surface area contributed by atoms with Crippen LogP contribution < -0.4 is 14.4 Å². The number of hydrogen-bond donors (Lipinski definition) is 1. The molecule has 3 aromatic carbocycles. The zero-order valence-corrected chi connectivity index (χ0v) is 26.0. The van der Waals surface area contributed by atoms with E-state index in [0.29, 0.717) is 28.0 Å². The summed E-state index contributed by atoms with van der Waals surface area (Å²) in [6.07, 6.45) is 3.81. The van der Waals surface area contributed by atoms with Crippen LogP contribution in [0.1, 0.15) is 45.1 Å². The highest BCUT2D eigenvalue weighted by molar-refractivity contribution is 7.92. The van der Waals surface area contributed by atoms with E-state index in [-0.39, 0.29) is 29.1 Å². The van der Waals surface area contributed by atoms with Crippen molar-refractivity contribution in [3.63, 3.8) is 0 Å². The summed E-state index contributed by atoms with van der Waals surface area (Å²) in [7, 11) is -4.22. The van der Waals surface area contributed by atoms with E-state index in [4.69, 9.17) is 27.9 Å². The molecule has 0 heterocycles. The van der Waals surface area contributed by atoms with E-state index in [2.05, 4.69) is 5.32 Å². The van der Waals surface area contributed by atoms with Crippen molar-refractivity contribution in [1.29, 1.82) is 0 Å². The maximum atomic E-state index is 14.2. The quantitative estimate of drug-likeness (QED) is 0.262. The Labute approximate surface area is 257 Å².